The lowest BCUT2D eigenvalue weighted by Crippen LogP contribution is -2.48. The largest absolute Gasteiger partial charge is 0.385 e. The van der Waals surface area contributed by atoms with Crippen molar-refractivity contribution in [2.24, 2.45) is 17.6 Å². The summed E-state index contributed by atoms with van der Waals surface area (Å²) in [5, 5.41) is 12.6. The third-order valence-corrected chi connectivity index (χ3v) is 7.58. The van der Waals surface area contributed by atoms with Crippen LogP contribution < -0.4 is 5.73 Å². The van der Waals surface area contributed by atoms with Crippen molar-refractivity contribution in [1.82, 2.24) is 4.90 Å². The molecule has 0 bridgehead atoms. The Morgan fingerprint density at radius 1 is 1.36 bits per heavy atom. The number of hydrogen-bond acceptors (Lipinski definition) is 5. The molecule has 0 aliphatic carbocycles. The summed E-state index contributed by atoms with van der Waals surface area (Å²) in [6.07, 6.45) is 7.81. The Balaban J connectivity index is 1.67. The summed E-state index contributed by atoms with van der Waals surface area (Å²) in [6, 6.07) is 7.54. The summed E-state index contributed by atoms with van der Waals surface area (Å²) in [7, 11) is 1.70. The molecule has 3 rings (SSSR count). The van der Waals surface area contributed by atoms with Gasteiger partial charge in [-0.05, 0) is 81.5 Å². The van der Waals surface area contributed by atoms with Gasteiger partial charge in [0.2, 0.25) is 5.91 Å². The van der Waals surface area contributed by atoms with Gasteiger partial charge in [0, 0.05) is 50.8 Å². The highest BCUT2D eigenvalue weighted by Gasteiger charge is 2.41. The van der Waals surface area contributed by atoms with Gasteiger partial charge in [-0.1, -0.05) is 23.7 Å². The lowest BCUT2D eigenvalue weighted by atomic mass is 9.74. The first kappa shape index (κ1) is 26.4. The number of nitrogens with zero attached hydrogens (tertiary/aromatic N) is 1. The molecule has 4 atom stereocenters. The number of carbonyl (C=O) groups excluding carboxylic acids is 1. The molecule has 33 heavy (non-hydrogen) atoms. The second-order valence-corrected chi connectivity index (χ2v) is 10.2. The van der Waals surface area contributed by atoms with E-state index in [9.17, 15) is 9.90 Å². The SMILES string of the molecule is COCCCC[C@@](O)(c1cccc(Cl)c1)[C@@H]1CCCN(C(=O)C[C@H](CN)CC2CCCO2)C1. The maximum Gasteiger partial charge on any atom is 0.222 e. The van der Waals surface area contributed by atoms with E-state index in [1.54, 1.807) is 7.11 Å². The first-order valence-corrected chi connectivity index (χ1v) is 12.9. The second-order valence-electron chi connectivity index (χ2n) is 9.74. The zero-order valence-corrected chi connectivity index (χ0v) is 20.8. The van der Waals surface area contributed by atoms with Crippen molar-refractivity contribution in [3.63, 3.8) is 0 Å². The van der Waals surface area contributed by atoms with Crippen LogP contribution in [0.1, 0.15) is 63.4 Å². The van der Waals surface area contributed by atoms with Crippen LogP contribution in [0.3, 0.4) is 0 Å². The summed E-state index contributed by atoms with van der Waals surface area (Å²) in [6.45, 7) is 3.28. The standard InChI is InChI=1S/C26H41ClN2O4/c1-32-13-3-2-11-26(31,21-7-4-9-23(27)17-21)22-8-5-12-29(19-22)25(30)16-20(18-28)15-24-10-6-14-33-24/h4,7,9,17,20,22,24,31H,2-3,5-6,8,10-16,18-19,28H2,1H3/t20-,22-,24?,26-/m1/s1. The average Bonchev–Trinajstić information content (AvgIpc) is 3.34. The van der Waals surface area contributed by atoms with Crippen molar-refractivity contribution in [3.8, 4) is 0 Å². The van der Waals surface area contributed by atoms with E-state index >= 15 is 0 Å². The topological polar surface area (TPSA) is 85.0 Å². The number of ether oxygens (including phenoxy) is 2. The Hall–Kier alpha value is -1.18. The Labute approximate surface area is 203 Å². The molecule has 1 aromatic carbocycles. The van der Waals surface area contributed by atoms with Crippen LogP contribution in [0.4, 0.5) is 0 Å². The molecule has 2 heterocycles. The fraction of sp³-hybridized carbons (Fsp3) is 0.731. The van der Waals surface area contributed by atoms with Crippen molar-refractivity contribution in [2.75, 3.05) is 40.0 Å². The maximum absolute atomic E-state index is 13.2. The van der Waals surface area contributed by atoms with Crippen LogP contribution in [0.25, 0.3) is 0 Å². The molecule has 0 aromatic heterocycles. The van der Waals surface area contributed by atoms with Gasteiger partial charge in [0.05, 0.1) is 11.7 Å². The van der Waals surface area contributed by atoms with Crippen LogP contribution in [0.15, 0.2) is 24.3 Å². The summed E-state index contributed by atoms with van der Waals surface area (Å²) in [5.41, 5.74) is 5.82. The van der Waals surface area contributed by atoms with Gasteiger partial charge in [-0.3, -0.25) is 4.79 Å². The molecule has 0 saturated carbocycles. The minimum Gasteiger partial charge on any atom is -0.385 e. The number of methoxy groups -OCH3 is 1. The summed E-state index contributed by atoms with van der Waals surface area (Å²) in [4.78, 5) is 15.2. The number of piperidine rings is 1. The Kier molecular flexibility index (Phi) is 10.5. The quantitative estimate of drug-likeness (QED) is 0.439. The number of rotatable bonds is 12. The number of unbranched alkanes of at least 4 members (excludes halogenated alkanes) is 1. The average molecular weight is 481 g/mol. The van der Waals surface area contributed by atoms with Gasteiger partial charge in [0.1, 0.15) is 0 Å². The molecule has 0 radical (unpaired) electrons. The van der Waals surface area contributed by atoms with E-state index in [1.807, 2.05) is 29.2 Å². The highest BCUT2D eigenvalue weighted by Crippen LogP contribution is 2.40. The fourth-order valence-corrected chi connectivity index (χ4v) is 5.61. The maximum atomic E-state index is 13.2. The highest BCUT2D eigenvalue weighted by molar-refractivity contribution is 6.30. The molecular formula is C26H41ClN2O4. The third-order valence-electron chi connectivity index (χ3n) is 7.35. The molecule has 2 saturated heterocycles. The molecule has 6 nitrogen and oxygen atoms in total. The molecule has 7 heteroatoms. The van der Waals surface area contributed by atoms with Crippen molar-refractivity contribution in [1.29, 1.82) is 0 Å². The molecular weight excluding hydrogens is 440 g/mol. The molecule has 1 unspecified atom stereocenters. The van der Waals surface area contributed by atoms with E-state index < -0.39 is 5.60 Å². The highest BCUT2D eigenvalue weighted by atomic mass is 35.5. The van der Waals surface area contributed by atoms with Crippen LogP contribution >= 0.6 is 11.6 Å². The number of aliphatic hydroxyl groups is 1. The van der Waals surface area contributed by atoms with Gasteiger partial charge in [0.15, 0.2) is 0 Å². The number of carbonyl (C=O) groups is 1. The number of nitrogens with two attached hydrogens (primary N) is 1. The van der Waals surface area contributed by atoms with Crippen LogP contribution in [0, 0.1) is 11.8 Å². The van der Waals surface area contributed by atoms with Gasteiger partial charge in [0.25, 0.3) is 0 Å². The van der Waals surface area contributed by atoms with E-state index in [-0.39, 0.29) is 23.8 Å². The number of benzene rings is 1. The summed E-state index contributed by atoms with van der Waals surface area (Å²) in [5.74, 6) is 0.244. The van der Waals surface area contributed by atoms with Gasteiger partial charge < -0.3 is 25.2 Å². The van der Waals surface area contributed by atoms with E-state index in [1.165, 1.54) is 0 Å². The normalized spacial score (nSPS) is 23.9. The lowest BCUT2D eigenvalue weighted by Gasteiger charge is -2.43. The van der Waals surface area contributed by atoms with Crippen molar-refractivity contribution in [2.45, 2.75) is 69.5 Å². The van der Waals surface area contributed by atoms with Gasteiger partial charge in [-0.2, -0.15) is 0 Å². The minimum absolute atomic E-state index is 0.0364. The van der Waals surface area contributed by atoms with E-state index in [2.05, 4.69) is 0 Å². The molecule has 2 fully saturated rings. The van der Waals surface area contributed by atoms with E-state index in [0.29, 0.717) is 37.6 Å². The van der Waals surface area contributed by atoms with Crippen molar-refractivity contribution < 1.29 is 19.4 Å². The van der Waals surface area contributed by atoms with Crippen LogP contribution in [-0.2, 0) is 19.9 Å². The number of hydrogen-bond donors (Lipinski definition) is 2. The predicted molar refractivity (Wildman–Crippen MR) is 131 cm³/mol. The van der Waals surface area contributed by atoms with Gasteiger partial charge >= 0.3 is 0 Å². The Morgan fingerprint density at radius 3 is 2.91 bits per heavy atom. The van der Waals surface area contributed by atoms with Crippen LogP contribution in [0.5, 0.6) is 0 Å². The first-order chi connectivity index (χ1) is 16.0. The fourth-order valence-electron chi connectivity index (χ4n) is 5.42. The predicted octanol–water partition coefficient (Wildman–Crippen LogP) is 4.12. The molecule has 0 spiro atoms. The number of amides is 1. The molecule has 3 N–H and O–H groups in total. The molecule has 2 aliphatic rings. The van der Waals surface area contributed by atoms with E-state index in [0.717, 1.165) is 63.7 Å². The van der Waals surface area contributed by atoms with Gasteiger partial charge in [-0.15, -0.1) is 0 Å². The first-order valence-electron chi connectivity index (χ1n) is 12.5. The Morgan fingerprint density at radius 2 is 2.21 bits per heavy atom. The summed E-state index contributed by atoms with van der Waals surface area (Å²) < 4.78 is 10.9. The lowest BCUT2D eigenvalue weighted by molar-refractivity contribution is -0.138. The molecule has 186 valence electrons. The molecule has 2 aliphatic heterocycles. The number of likely N-dealkylation sites (tertiary alicyclic amines) is 1. The zero-order valence-electron chi connectivity index (χ0n) is 20.0. The smallest absolute Gasteiger partial charge is 0.222 e. The zero-order chi connectivity index (χ0) is 23.7. The van der Waals surface area contributed by atoms with Crippen LogP contribution in [0.2, 0.25) is 5.02 Å². The Bertz CT molecular complexity index is 743. The van der Waals surface area contributed by atoms with Crippen molar-refractivity contribution >= 4 is 17.5 Å². The molecule has 1 amide bonds. The minimum atomic E-state index is -1.03. The van der Waals surface area contributed by atoms with Crippen molar-refractivity contribution in [3.05, 3.63) is 34.9 Å². The van der Waals surface area contributed by atoms with Crippen LogP contribution in [-0.4, -0.2) is 62.0 Å². The third kappa shape index (κ3) is 7.40. The van der Waals surface area contributed by atoms with E-state index in [4.69, 9.17) is 26.8 Å². The van der Waals surface area contributed by atoms with Gasteiger partial charge in [-0.25, -0.2) is 0 Å². The second kappa shape index (κ2) is 13.1. The number of halogens is 1. The molecule has 1 aromatic rings. The summed E-state index contributed by atoms with van der Waals surface area (Å²) >= 11 is 6.28. The monoisotopic (exact) mass is 480 g/mol.